The van der Waals surface area contributed by atoms with Gasteiger partial charge in [0.2, 0.25) is 0 Å². The average molecular weight is 380 g/mol. The second-order valence-corrected chi connectivity index (χ2v) is 6.06. The van der Waals surface area contributed by atoms with Gasteiger partial charge in [-0.25, -0.2) is 9.18 Å². The summed E-state index contributed by atoms with van der Waals surface area (Å²) >= 11 is 9.03. The number of carbonyl (C=O) groups excluding carboxylic acids is 1. The summed E-state index contributed by atoms with van der Waals surface area (Å²) in [6.07, 6.45) is 1.18. The topological polar surface area (TPSA) is 69.6 Å². The van der Waals surface area contributed by atoms with Crippen LogP contribution in [0.2, 0.25) is 5.02 Å². The lowest BCUT2D eigenvalue weighted by molar-refractivity contribution is -0.143. The number of urea groups is 1. The monoisotopic (exact) mass is 378 g/mol. The number of carboxylic acids is 1. The summed E-state index contributed by atoms with van der Waals surface area (Å²) in [6, 6.07) is 1.84. The number of hydrogen-bond donors (Lipinski definition) is 2. The van der Waals surface area contributed by atoms with Crippen LogP contribution in [0.5, 0.6) is 0 Å². The standard InChI is InChI=1S/C13H13BrClFN2O3/c14-9-4-8(16)5-10(15)11(9)17-13(21)18-3-1-2-7(6-18)12(19)20/h4-5,7H,1-3,6H2,(H,17,21)(H,19,20)/t7-/m0/s1. The van der Waals surface area contributed by atoms with Gasteiger partial charge in [-0.05, 0) is 40.9 Å². The largest absolute Gasteiger partial charge is 0.481 e. The molecule has 1 saturated heterocycles. The summed E-state index contributed by atoms with van der Waals surface area (Å²) in [7, 11) is 0. The van der Waals surface area contributed by atoms with Crippen LogP contribution in [-0.2, 0) is 4.79 Å². The van der Waals surface area contributed by atoms with Crippen molar-refractivity contribution < 1.29 is 19.1 Å². The van der Waals surface area contributed by atoms with Crippen LogP contribution >= 0.6 is 27.5 Å². The Balaban J connectivity index is 2.10. The van der Waals surface area contributed by atoms with E-state index in [1.807, 2.05) is 0 Å². The smallest absolute Gasteiger partial charge is 0.321 e. The van der Waals surface area contributed by atoms with Gasteiger partial charge in [-0.15, -0.1) is 0 Å². The Labute approximate surface area is 134 Å². The number of amides is 2. The van der Waals surface area contributed by atoms with Crippen molar-refractivity contribution in [2.75, 3.05) is 18.4 Å². The molecule has 2 rings (SSSR count). The van der Waals surface area contributed by atoms with Crippen molar-refractivity contribution in [3.8, 4) is 0 Å². The molecule has 1 fully saturated rings. The van der Waals surface area contributed by atoms with Crippen molar-refractivity contribution in [2.45, 2.75) is 12.8 Å². The van der Waals surface area contributed by atoms with Crippen molar-refractivity contribution in [3.05, 3.63) is 27.4 Å². The van der Waals surface area contributed by atoms with Gasteiger partial charge in [0.25, 0.3) is 0 Å². The van der Waals surface area contributed by atoms with Crippen LogP contribution in [-0.4, -0.2) is 35.1 Å². The summed E-state index contributed by atoms with van der Waals surface area (Å²) in [4.78, 5) is 24.6. The Kier molecular flexibility index (Phi) is 5.05. The predicted octanol–water partition coefficient (Wildman–Crippen LogP) is 3.57. The summed E-state index contributed by atoms with van der Waals surface area (Å²) in [5.74, 6) is -1.99. The van der Waals surface area contributed by atoms with Crippen molar-refractivity contribution in [2.24, 2.45) is 5.92 Å². The number of carbonyl (C=O) groups is 2. The lowest BCUT2D eigenvalue weighted by Crippen LogP contribution is -2.44. The Morgan fingerprint density at radius 1 is 1.48 bits per heavy atom. The van der Waals surface area contributed by atoms with Crippen LogP contribution in [0.3, 0.4) is 0 Å². The molecule has 114 valence electrons. The number of nitrogens with one attached hydrogen (secondary N) is 1. The fraction of sp³-hybridized carbons (Fsp3) is 0.385. The molecule has 0 unspecified atom stereocenters. The molecule has 1 aliphatic rings. The first-order chi connectivity index (χ1) is 9.88. The van der Waals surface area contributed by atoms with Crippen molar-refractivity contribution in [3.63, 3.8) is 0 Å². The molecule has 1 atom stereocenters. The normalized spacial score (nSPS) is 18.4. The highest BCUT2D eigenvalue weighted by Crippen LogP contribution is 2.32. The van der Waals surface area contributed by atoms with E-state index in [-0.39, 0.29) is 17.3 Å². The number of hydrogen-bond acceptors (Lipinski definition) is 2. The maximum atomic E-state index is 13.1. The molecule has 1 aliphatic heterocycles. The van der Waals surface area contributed by atoms with Crippen LogP contribution in [0.1, 0.15) is 12.8 Å². The molecule has 5 nitrogen and oxygen atoms in total. The van der Waals surface area contributed by atoms with Crippen molar-refractivity contribution >= 4 is 45.2 Å². The molecule has 2 amide bonds. The Bertz CT molecular complexity index is 562. The third-order valence-electron chi connectivity index (χ3n) is 3.30. The maximum Gasteiger partial charge on any atom is 0.321 e. The molecule has 0 saturated carbocycles. The first kappa shape index (κ1) is 16.0. The number of likely N-dealkylation sites (tertiary alicyclic amines) is 1. The molecular formula is C13H13BrClFN2O3. The summed E-state index contributed by atoms with van der Waals surface area (Å²) < 4.78 is 13.5. The summed E-state index contributed by atoms with van der Waals surface area (Å²) in [5, 5.41) is 11.7. The SMILES string of the molecule is O=C(O)[C@H]1CCCN(C(=O)Nc2c(Cl)cc(F)cc2Br)C1. The second kappa shape index (κ2) is 6.62. The van der Waals surface area contributed by atoms with E-state index in [0.717, 1.165) is 6.07 Å². The lowest BCUT2D eigenvalue weighted by atomic mass is 9.99. The fourth-order valence-corrected chi connectivity index (χ4v) is 3.11. The number of piperidine rings is 1. The van der Waals surface area contributed by atoms with E-state index in [1.165, 1.54) is 11.0 Å². The first-order valence-electron chi connectivity index (χ1n) is 6.31. The molecule has 0 aliphatic carbocycles. The number of nitrogens with zero attached hydrogens (tertiary/aromatic N) is 1. The Hall–Kier alpha value is -1.34. The van der Waals surface area contributed by atoms with Crippen LogP contribution in [0.4, 0.5) is 14.9 Å². The minimum Gasteiger partial charge on any atom is -0.481 e. The molecule has 1 aromatic rings. The van der Waals surface area contributed by atoms with Gasteiger partial charge < -0.3 is 15.3 Å². The minimum absolute atomic E-state index is 0.0713. The third kappa shape index (κ3) is 3.85. The zero-order chi connectivity index (χ0) is 15.6. The van der Waals surface area contributed by atoms with E-state index in [4.69, 9.17) is 16.7 Å². The van der Waals surface area contributed by atoms with E-state index >= 15 is 0 Å². The van der Waals surface area contributed by atoms with Crippen molar-refractivity contribution in [1.82, 2.24) is 4.90 Å². The fourth-order valence-electron chi connectivity index (χ4n) is 2.21. The second-order valence-electron chi connectivity index (χ2n) is 4.80. The molecule has 21 heavy (non-hydrogen) atoms. The molecule has 0 radical (unpaired) electrons. The van der Waals surface area contributed by atoms with Crippen molar-refractivity contribution in [1.29, 1.82) is 0 Å². The molecule has 1 aromatic carbocycles. The van der Waals surface area contributed by atoms with E-state index in [0.29, 0.717) is 23.9 Å². The van der Waals surface area contributed by atoms with E-state index in [9.17, 15) is 14.0 Å². The summed E-state index contributed by atoms with van der Waals surface area (Å²) in [6.45, 7) is 0.629. The number of halogens is 3. The molecular weight excluding hydrogens is 367 g/mol. The van der Waals surface area contributed by atoms with Crippen LogP contribution in [0.25, 0.3) is 0 Å². The lowest BCUT2D eigenvalue weighted by Gasteiger charge is -2.30. The number of aliphatic carboxylic acids is 1. The van der Waals surface area contributed by atoms with Gasteiger partial charge in [0.15, 0.2) is 0 Å². The average Bonchev–Trinajstić information content (AvgIpc) is 2.42. The molecule has 0 bridgehead atoms. The quantitative estimate of drug-likeness (QED) is 0.825. The van der Waals surface area contributed by atoms with E-state index < -0.39 is 23.7 Å². The van der Waals surface area contributed by atoms with Gasteiger partial charge in [-0.3, -0.25) is 4.79 Å². The van der Waals surface area contributed by atoms with Gasteiger partial charge in [-0.2, -0.15) is 0 Å². The summed E-state index contributed by atoms with van der Waals surface area (Å²) in [5.41, 5.74) is 0.264. The minimum atomic E-state index is -0.909. The van der Waals surface area contributed by atoms with Gasteiger partial charge in [-0.1, -0.05) is 11.6 Å². The maximum absolute atomic E-state index is 13.1. The Morgan fingerprint density at radius 3 is 2.81 bits per heavy atom. The van der Waals surface area contributed by atoms with Gasteiger partial charge in [0.05, 0.1) is 16.6 Å². The highest BCUT2D eigenvalue weighted by Gasteiger charge is 2.28. The zero-order valence-corrected chi connectivity index (χ0v) is 13.2. The van der Waals surface area contributed by atoms with Gasteiger partial charge >= 0.3 is 12.0 Å². The van der Waals surface area contributed by atoms with E-state index in [1.54, 1.807) is 0 Å². The molecule has 8 heteroatoms. The Morgan fingerprint density at radius 2 is 2.19 bits per heavy atom. The van der Waals surface area contributed by atoms with E-state index in [2.05, 4.69) is 21.2 Å². The molecule has 1 heterocycles. The van der Waals surface area contributed by atoms with Crippen LogP contribution in [0.15, 0.2) is 16.6 Å². The highest BCUT2D eigenvalue weighted by molar-refractivity contribution is 9.10. The van der Waals surface area contributed by atoms with Crippen LogP contribution in [0, 0.1) is 11.7 Å². The number of rotatable bonds is 2. The third-order valence-corrected chi connectivity index (χ3v) is 4.22. The van der Waals surface area contributed by atoms with Crippen LogP contribution < -0.4 is 5.32 Å². The first-order valence-corrected chi connectivity index (χ1v) is 7.49. The number of carboxylic acid groups (broad SMARTS) is 1. The highest BCUT2D eigenvalue weighted by atomic mass is 79.9. The number of anilines is 1. The van der Waals surface area contributed by atoms with Gasteiger partial charge in [0, 0.05) is 17.6 Å². The molecule has 0 spiro atoms. The predicted molar refractivity (Wildman–Crippen MR) is 80.1 cm³/mol. The number of benzene rings is 1. The molecule has 0 aromatic heterocycles. The zero-order valence-electron chi connectivity index (χ0n) is 10.9. The molecule has 2 N–H and O–H groups in total. The van der Waals surface area contributed by atoms with Gasteiger partial charge in [0.1, 0.15) is 5.82 Å².